The molecule has 0 saturated heterocycles. The number of ether oxygens (including phenoxy) is 1. The fraction of sp³-hybridized carbons (Fsp3) is 0.188. The lowest BCUT2D eigenvalue weighted by atomic mass is 10.2. The normalized spacial score (nSPS) is 11.5. The lowest BCUT2D eigenvalue weighted by Crippen LogP contribution is -2.27. The summed E-state index contributed by atoms with van der Waals surface area (Å²) >= 11 is 0. The van der Waals surface area contributed by atoms with E-state index in [0.29, 0.717) is 5.56 Å². The van der Waals surface area contributed by atoms with Gasteiger partial charge in [-0.25, -0.2) is 12.8 Å². The summed E-state index contributed by atoms with van der Waals surface area (Å²) < 4.78 is 44.6. The third kappa shape index (κ3) is 3.72. The first kappa shape index (κ1) is 17.9. The molecule has 0 atom stereocenters. The monoisotopic (exact) mass is 352 g/mol. The Morgan fingerprint density at radius 3 is 2.54 bits per heavy atom. The van der Waals surface area contributed by atoms with Crippen molar-refractivity contribution in [2.24, 2.45) is 5.73 Å². The van der Waals surface area contributed by atoms with Crippen molar-refractivity contribution >= 4 is 15.9 Å². The zero-order chi connectivity index (χ0) is 17.9. The molecule has 0 aromatic heterocycles. The van der Waals surface area contributed by atoms with Crippen molar-refractivity contribution in [1.29, 1.82) is 0 Å². The van der Waals surface area contributed by atoms with Crippen LogP contribution in [0.5, 0.6) is 5.75 Å². The number of hydrogen-bond acceptors (Lipinski definition) is 4. The summed E-state index contributed by atoms with van der Waals surface area (Å²) in [5.41, 5.74) is 5.72. The minimum Gasteiger partial charge on any atom is -0.496 e. The van der Waals surface area contributed by atoms with Crippen molar-refractivity contribution in [3.63, 3.8) is 0 Å². The molecule has 2 aromatic carbocycles. The number of hydrogen-bond donors (Lipinski definition) is 1. The first-order valence-corrected chi connectivity index (χ1v) is 8.38. The van der Waals surface area contributed by atoms with Crippen LogP contribution >= 0.6 is 0 Å². The van der Waals surface area contributed by atoms with Gasteiger partial charge in [-0.05, 0) is 35.9 Å². The standard InChI is InChI=1S/C16H17FN2O4S/c1-19(10-11-4-3-5-12(17)8-11)24(21,22)13-6-7-15(23-2)14(9-13)16(18)20/h3-9H,10H2,1-2H3,(H2,18,20). The molecule has 1 amide bonds. The summed E-state index contributed by atoms with van der Waals surface area (Å²) in [5, 5.41) is 0. The van der Waals surface area contributed by atoms with Gasteiger partial charge in [-0.1, -0.05) is 12.1 Å². The molecular weight excluding hydrogens is 335 g/mol. The van der Waals surface area contributed by atoms with Gasteiger partial charge in [0.2, 0.25) is 10.0 Å². The predicted molar refractivity (Wildman–Crippen MR) is 86.6 cm³/mol. The van der Waals surface area contributed by atoms with E-state index in [1.54, 1.807) is 6.07 Å². The van der Waals surface area contributed by atoms with Crippen LogP contribution in [0.1, 0.15) is 15.9 Å². The van der Waals surface area contributed by atoms with Gasteiger partial charge < -0.3 is 10.5 Å². The molecule has 2 aromatic rings. The summed E-state index contributed by atoms with van der Waals surface area (Å²) in [7, 11) is -1.16. The van der Waals surface area contributed by atoms with E-state index < -0.39 is 21.7 Å². The first-order valence-electron chi connectivity index (χ1n) is 6.94. The molecule has 128 valence electrons. The quantitative estimate of drug-likeness (QED) is 0.858. The molecule has 0 unspecified atom stereocenters. The third-order valence-electron chi connectivity index (χ3n) is 3.44. The van der Waals surface area contributed by atoms with Crippen LogP contribution in [0.15, 0.2) is 47.4 Å². The SMILES string of the molecule is COc1ccc(S(=O)(=O)N(C)Cc2cccc(F)c2)cc1C(N)=O. The van der Waals surface area contributed by atoms with Crippen molar-refractivity contribution < 1.29 is 22.3 Å². The largest absolute Gasteiger partial charge is 0.496 e. The van der Waals surface area contributed by atoms with E-state index in [9.17, 15) is 17.6 Å². The average Bonchev–Trinajstić information content (AvgIpc) is 2.54. The molecule has 0 heterocycles. The Kier molecular flexibility index (Phi) is 5.20. The van der Waals surface area contributed by atoms with E-state index in [4.69, 9.17) is 10.5 Å². The van der Waals surface area contributed by atoms with Crippen LogP contribution in [0, 0.1) is 5.82 Å². The minimum atomic E-state index is -3.88. The zero-order valence-corrected chi connectivity index (χ0v) is 14.0. The van der Waals surface area contributed by atoms with Crippen LogP contribution in [0.2, 0.25) is 0 Å². The second kappa shape index (κ2) is 6.98. The highest BCUT2D eigenvalue weighted by Crippen LogP contribution is 2.24. The molecule has 0 radical (unpaired) electrons. The van der Waals surface area contributed by atoms with Gasteiger partial charge in [0.05, 0.1) is 17.6 Å². The number of benzene rings is 2. The highest BCUT2D eigenvalue weighted by molar-refractivity contribution is 7.89. The summed E-state index contributed by atoms with van der Waals surface area (Å²) in [6, 6.07) is 9.52. The molecular formula is C16H17FN2O4S. The maximum absolute atomic E-state index is 13.2. The fourth-order valence-electron chi connectivity index (χ4n) is 2.20. The molecule has 2 rings (SSSR count). The van der Waals surface area contributed by atoms with Crippen molar-refractivity contribution in [1.82, 2.24) is 4.31 Å². The second-order valence-corrected chi connectivity index (χ2v) is 7.16. The molecule has 6 nitrogen and oxygen atoms in total. The summed E-state index contributed by atoms with van der Waals surface area (Å²) in [5.74, 6) is -1.05. The highest BCUT2D eigenvalue weighted by Gasteiger charge is 2.23. The van der Waals surface area contributed by atoms with Gasteiger partial charge >= 0.3 is 0 Å². The molecule has 0 fully saturated rings. The second-order valence-electron chi connectivity index (χ2n) is 5.12. The molecule has 0 aliphatic carbocycles. The van der Waals surface area contributed by atoms with Gasteiger partial charge in [-0.2, -0.15) is 4.31 Å². The van der Waals surface area contributed by atoms with Crippen LogP contribution in [0.25, 0.3) is 0 Å². The molecule has 24 heavy (non-hydrogen) atoms. The van der Waals surface area contributed by atoms with Gasteiger partial charge in [-0.15, -0.1) is 0 Å². The Morgan fingerprint density at radius 1 is 1.25 bits per heavy atom. The molecule has 0 aliphatic rings. The topological polar surface area (TPSA) is 89.7 Å². The van der Waals surface area contributed by atoms with Crippen LogP contribution in [0.3, 0.4) is 0 Å². The number of primary amides is 1. The number of sulfonamides is 1. The number of halogens is 1. The van der Waals surface area contributed by atoms with Gasteiger partial charge in [0.25, 0.3) is 5.91 Å². The predicted octanol–water partition coefficient (Wildman–Crippen LogP) is 1.75. The van der Waals surface area contributed by atoms with Crippen LogP contribution < -0.4 is 10.5 Å². The van der Waals surface area contributed by atoms with Crippen molar-refractivity contribution in [2.75, 3.05) is 14.2 Å². The number of amides is 1. The third-order valence-corrected chi connectivity index (χ3v) is 5.24. The fourth-order valence-corrected chi connectivity index (χ4v) is 3.38. The maximum atomic E-state index is 13.2. The van der Waals surface area contributed by atoms with E-state index in [-0.39, 0.29) is 22.8 Å². The van der Waals surface area contributed by atoms with E-state index in [1.165, 1.54) is 50.6 Å². The van der Waals surface area contributed by atoms with Crippen molar-refractivity contribution in [3.8, 4) is 5.75 Å². The van der Waals surface area contributed by atoms with E-state index >= 15 is 0 Å². The smallest absolute Gasteiger partial charge is 0.252 e. The van der Waals surface area contributed by atoms with E-state index in [0.717, 1.165) is 4.31 Å². The van der Waals surface area contributed by atoms with Gasteiger partial charge in [0, 0.05) is 13.6 Å². The lowest BCUT2D eigenvalue weighted by molar-refractivity contribution is 0.0997. The summed E-state index contributed by atoms with van der Waals surface area (Å²) in [4.78, 5) is 11.3. The van der Waals surface area contributed by atoms with Crippen LogP contribution in [-0.2, 0) is 16.6 Å². The zero-order valence-electron chi connectivity index (χ0n) is 13.2. The molecule has 8 heteroatoms. The van der Waals surface area contributed by atoms with Gasteiger partial charge in [0.1, 0.15) is 11.6 Å². The number of nitrogens with zero attached hydrogens (tertiary/aromatic N) is 1. The number of methoxy groups -OCH3 is 1. The lowest BCUT2D eigenvalue weighted by Gasteiger charge is -2.18. The van der Waals surface area contributed by atoms with Gasteiger partial charge in [-0.3, -0.25) is 4.79 Å². The van der Waals surface area contributed by atoms with Crippen LogP contribution in [-0.4, -0.2) is 32.8 Å². The number of carbonyl (C=O) groups is 1. The molecule has 0 bridgehead atoms. The van der Waals surface area contributed by atoms with Gasteiger partial charge in [0.15, 0.2) is 0 Å². The number of rotatable bonds is 6. The Labute approximate surface area is 139 Å². The van der Waals surface area contributed by atoms with Crippen LogP contribution in [0.4, 0.5) is 4.39 Å². The minimum absolute atomic E-state index is 0.0158. The maximum Gasteiger partial charge on any atom is 0.252 e. The molecule has 2 N–H and O–H groups in total. The highest BCUT2D eigenvalue weighted by atomic mass is 32.2. The van der Waals surface area contributed by atoms with Crippen molar-refractivity contribution in [2.45, 2.75) is 11.4 Å². The Balaban J connectivity index is 2.35. The summed E-state index contributed by atoms with van der Waals surface area (Å²) in [6.45, 7) is -0.0158. The molecule has 0 saturated carbocycles. The first-order chi connectivity index (χ1) is 11.3. The van der Waals surface area contributed by atoms with E-state index in [2.05, 4.69) is 0 Å². The molecule has 0 spiro atoms. The number of nitrogens with two attached hydrogens (primary N) is 1. The van der Waals surface area contributed by atoms with E-state index in [1.807, 2.05) is 0 Å². The summed E-state index contributed by atoms with van der Waals surface area (Å²) in [6.07, 6.45) is 0. The van der Waals surface area contributed by atoms with Crippen molar-refractivity contribution in [3.05, 3.63) is 59.4 Å². The number of carbonyl (C=O) groups excluding carboxylic acids is 1. The molecule has 0 aliphatic heterocycles. The Hall–Kier alpha value is -2.45. The Morgan fingerprint density at radius 2 is 1.96 bits per heavy atom. The Bertz CT molecular complexity index is 868. The average molecular weight is 352 g/mol.